The molecular formula is C8H18N2O4S. The molecule has 0 fully saturated rings. The molecule has 0 saturated carbocycles. The monoisotopic (exact) mass is 238 g/mol. The number of hydrogen-bond donors (Lipinski definition) is 2. The summed E-state index contributed by atoms with van der Waals surface area (Å²) < 4.78 is 25.8. The van der Waals surface area contributed by atoms with Crippen molar-refractivity contribution in [2.24, 2.45) is 5.92 Å². The average molecular weight is 238 g/mol. The van der Waals surface area contributed by atoms with E-state index >= 15 is 0 Å². The first-order chi connectivity index (χ1) is 6.66. The number of aliphatic carboxylic acids is 1. The van der Waals surface area contributed by atoms with E-state index in [0.29, 0.717) is 0 Å². The molecule has 0 aliphatic carbocycles. The van der Waals surface area contributed by atoms with Crippen molar-refractivity contribution in [1.29, 1.82) is 0 Å². The van der Waals surface area contributed by atoms with E-state index in [2.05, 4.69) is 4.72 Å². The normalized spacial score (nSPS) is 14.5. The van der Waals surface area contributed by atoms with Gasteiger partial charge in [-0.25, -0.2) is 0 Å². The minimum Gasteiger partial charge on any atom is -0.480 e. The standard InChI is InChI=1S/C8H18N2O4S/c1-6(2)5-7(8(11)12)9-15(13,14)10(3)4/h6-7,9H,5H2,1-4H3,(H,11,12)/t7-/m1/s1. The lowest BCUT2D eigenvalue weighted by atomic mass is 10.1. The lowest BCUT2D eigenvalue weighted by Crippen LogP contribution is -2.46. The van der Waals surface area contributed by atoms with Gasteiger partial charge in [-0.15, -0.1) is 0 Å². The third-order valence-electron chi connectivity index (χ3n) is 1.78. The van der Waals surface area contributed by atoms with E-state index in [4.69, 9.17) is 5.11 Å². The van der Waals surface area contributed by atoms with Crippen LogP contribution in [-0.2, 0) is 15.0 Å². The number of nitrogens with one attached hydrogen (secondary N) is 1. The Morgan fingerprint density at radius 1 is 1.40 bits per heavy atom. The summed E-state index contributed by atoms with van der Waals surface area (Å²) in [4.78, 5) is 10.8. The molecule has 0 bridgehead atoms. The lowest BCUT2D eigenvalue weighted by Gasteiger charge is -2.19. The first-order valence-electron chi connectivity index (χ1n) is 4.59. The van der Waals surface area contributed by atoms with Crippen LogP contribution in [0.25, 0.3) is 0 Å². The molecule has 15 heavy (non-hydrogen) atoms. The van der Waals surface area contributed by atoms with E-state index in [0.717, 1.165) is 4.31 Å². The summed E-state index contributed by atoms with van der Waals surface area (Å²) in [6.45, 7) is 3.67. The van der Waals surface area contributed by atoms with E-state index in [-0.39, 0.29) is 12.3 Å². The van der Waals surface area contributed by atoms with Gasteiger partial charge >= 0.3 is 5.97 Å². The van der Waals surface area contributed by atoms with Gasteiger partial charge < -0.3 is 5.11 Å². The number of carboxylic acid groups (broad SMARTS) is 1. The number of nitrogens with zero attached hydrogens (tertiary/aromatic N) is 1. The lowest BCUT2D eigenvalue weighted by molar-refractivity contribution is -0.139. The van der Waals surface area contributed by atoms with Crippen LogP contribution in [0.1, 0.15) is 20.3 Å². The van der Waals surface area contributed by atoms with Gasteiger partial charge in [0.05, 0.1) is 0 Å². The van der Waals surface area contributed by atoms with E-state index in [1.807, 2.05) is 13.8 Å². The summed E-state index contributed by atoms with van der Waals surface area (Å²) in [7, 11) is -0.998. The minimum atomic E-state index is -3.69. The van der Waals surface area contributed by atoms with Gasteiger partial charge in [0.25, 0.3) is 10.2 Å². The zero-order valence-electron chi connectivity index (χ0n) is 9.39. The molecule has 0 aliphatic rings. The van der Waals surface area contributed by atoms with Crippen molar-refractivity contribution in [2.75, 3.05) is 14.1 Å². The Balaban J connectivity index is 4.63. The molecule has 6 nitrogen and oxygen atoms in total. The zero-order chi connectivity index (χ0) is 12.2. The highest BCUT2D eigenvalue weighted by Gasteiger charge is 2.25. The van der Waals surface area contributed by atoms with Crippen molar-refractivity contribution < 1.29 is 18.3 Å². The quantitative estimate of drug-likeness (QED) is 0.675. The fourth-order valence-electron chi connectivity index (χ4n) is 0.956. The highest BCUT2D eigenvalue weighted by molar-refractivity contribution is 7.87. The van der Waals surface area contributed by atoms with Crippen LogP contribution in [0.15, 0.2) is 0 Å². The van der Waals surface area contributed by atoms with Gasteiger partial charge in [0.1, 0.15) is 6.04 Å². The summed E-state index contributed by atoms with van der Waals surface area (Å²) >= 11 is 0. The van der Waals surface area contributed by atoms with Crippen LogP contribution in [0.4, 0.5) is 0 Å². The first-order valence-corrected chi connectivity index (χ1v) is 6.03. The Morgan fingerprint density at radius 2 is 1.87 bits per heavy atom. The molecule has 0 saturated heterocycles. The third-order valence-corrected chi connectivity index (χ3v) is 3.32. The number of carboxylic acids is 1. The molecule has 0 aromatic heterocycles. The van der Waals surface area contributed by atoms with Crippen molar-refractivity contribution in [1.82, 2.24) is 9.03 Å². The number of hydrogen-bond acceptors (Lipinski definition) is 3. The van der Waals surface area contributed by atoms with Crippen LogP contribution in [0, 0.1) is 5.92 Å². The molecule has 1 atom stereocenters. The van der Waals surface area contributed by atoms with Gasteiger partial charge in [0.15, 0.2) is 0 Å². The van der Waals surface area contributed by atoms with E-state index in [1.165, 1.54) is 14.1 Å². The van der Waals surface area contributed by atoms with Crippen molar-refractivity contribution in [3.8, 4) is 0 Å². The maximum absolute atomic E-state index is 11.4. The molecule has 0 amide bonds. The smallest absolute Gasteiger partial charge is 0.321 e. The molecule has 0 unspecified atom stereocenters. The second-order valence-corrected chi connectivity index (χ2v) is 5.84. The predicted molar refractivity (Wildman–Crippen MR) is 56.6 cm³/mol. The van der Waals surface area contributed by atoms with Crippen molar-refractivity contribution in [3.63, 3.8) is 0 Å². The summed E-state index contributed by atoms with van der Waals surface area (Å²) in [6, 6.07) is -1.07. The Hall–Kier alpha value is -0.660. The molecular weight excluding hydrogens is 220 g/mol. The van der Waals surface area contributed by atoms with Crippen molar-refractivity contribution in [3.05, 3.63) is 0 Å². The van der Waals surface area contributed by atoms with Crippen LogP contribution in [0.5, 0.6) is 0 Å². The molecule has 90 valence electrons. The maximum atomic E-state index is 11.4. The molecule has 0 aromatic rings. The van der Waals surface area contributed by atoms with Crippen molar-refractivity contribution >= 4 is 16.2 Å². The van der Waals surface area contributed by atoms with Crippen LogP contribution in [-0.4, -0.2) is 43.9 Å². The summed E-state index contributed by atoms with van der Waals surface area (Å²) in [5, 5.41) is 8.82. The molecule has 2 N–H and O–H groups in total. The number of carbonyl (C=O) groups is 1. The predicted octanol–water partition coefficient (Wildman–Crippen LogP) is -0.118. The Bertz CT molecular complexity index is 311. The molecule has 0 spiro atoms. The van der Waals surface area contributed by atoms with Crippen molar-refractivity contribution in [2.45, 2.75) is 26.3 Å². The van der Waals surface area contributed by atoms with Crippen LogP contribution < -0.4 is 4.72 Å². The minimum absolute atomic E-state index is 0.107. The molecule has 0 heterocycles. The second kappa shape index (κ2) is 5.43. The van der Waals surface area contributed by atoms with Crippen LogP contribution in [0.2, 0.25) is 0 Å². The summed E-state index contributed by atoms with van der Waals surface area (Å²) in [6.07, 6.45) is 0.266. The summed E-state index contributed by atoms with van der Waals surface area (Å²) in [5.74, 6) is -1.05. The van der Waals surface area contributed by atoms with Gasteiger partial charge in [0.2, 0.25) is 0 Å². The average Bonchev–Trinajstić information content (AvgIpc) is 2.01. The Labute approximate surface area is 90.5 Å². The highest BCUT2D eigenvalue weighted by Crippen LogP contribution is 2.06. The molecule has 0 radical (unpaired) electrons. The van der Waals surface area contributed by atoms with E-state index in [9.17, 15) is 13.2 Å². The molecule has 0 rings (SSSR count). The van der Waals surface area contributed by atoms with Gasteiger partial charge in [0, 0.05) is 14.1 Å². The largest absolute Gasteiger partial charge is 0.480 e. The highest BCUT2D eigenvalue weighted by atomic mass is 32.2. The number of rotatable bonds is 6. The zero-order valence-corrected chi connectivity index (χ0v) is 10.2. The van der Waals surface area contributed by atoms with E-state index in [1.54, 1.807) is 0 Å². The summed E-state index contributed by atoms with van der Waals surface area (Å²) in [5.41, 5.74) is 0. The van der Waals surface area contributed by atoms with Gasteiger partial charge in [-0.05, 0) is 12.3 Å². The molecule has 0 aromatic carbocycles. The first kappa shape index (κ1) is 14.3. The van der Waals surface area contributed by atoms with Crippen LogP contribution >= 0.6 is 0 Å². The molecule has 7 heteroatoms. The third kappa shape index (κ3) is 5.10. The topological polar surface area (TPSA) is 86.7 Å². The van der Waals surface area contributed by atoms with Gasteiger partial charge in [-0.2, -0.15) is 17.4 Å². The van der Waals surface area contributed by atoms with Crippen LogP contribution in [0.3, 0.4) is 0 Å². The SMILES string of the molecule is CC(C)C[C@@H](NS(=O)(=O)N(C)C)C(=O)O. The second-order valence-electron chi connectivity index (χ2n) is 3.93. The van der Waals surface area contributed by atoms with E-state index < -0.39 is 22.2 Å². The Kier molecular flexibility index (Phi) is 5.19. The van der Waals surface area contributed by atoms with Gasteiger partial charge in [-0.1, -0.05) is 13.8 Å². The van der Waals surface area contributed by atoms with Gasteiger partial charge in [-0.3, -0.25) is 4.79 Å². The molecule has 0 aliphatic heterocycles. The maximum Gasteiger partial charge on any atom is 0.321 e. The fraction of sp³-hybridized carbons (Fsp3) is 0.875. The fourth-order valence-corrected chi connectivity index (χ4v) is 1.72. The Morgan fingerprint density at radius 3 is 2.13 bits per heavy atom.